The highest BCUT2D eigenvalue weighted by Crippen LogP contribution is 2.47. The third kappa shape index (κ3) is 3.95. The minimum absolute atomic E-state index is 0.0692. The third-order valence-electron chi connectivity index (χ3n) is 5.94. The molecule has 5 rings (SSSR count). The van der Waals surface area contributed by atoms with Crippen molar-refractivity contribution in [2.24, 2.45) is 0 Å². The van der Waals surface area contributed by atoms with Gasteiger partial charge in [-0.2, -0.15) is 0 Å². The predicted molar refractivity (Wildman–Crippen MR) is 115 cm³/mol. The zero-order chi connectivity index (χ0) is 22.9. The van der Waals surface area contributed by atoms with Crippen LogP contribution in [-0.2, 0) is 14.3 Å². The fraction of sp³-hybridized carbons (Fsp3) is 0.333. The zero-order valence-corrected chi connectivity index (χ0v) is 18.0. The number of Topliss-reactive ketones (excluding diaryl/α,β-unsaturated/α-hetero) is 1. The fourth-order valence-electron chi connectivity index (χ4n) is 4.23. The summed E-state index contributed by atoms with van der Waals surface area (Å²) in [4.78, 5) is 27.3. The summed E-state index contributed by atoms with van der Waals surface area (Å²) in [6.07, 6.45) is 1.61. The van der Waals surface area contributed by atoms with Crippen LogP contribution in [0.3, 0.4) is 0 Å². The maximum atomic E-state index is 13.1. The Labute approximate surface area is 190 Å². The summed E-state index contributed by atoms with van der Waals surface area (Å²) >= 11 is 0. The highest BCUT2D eigenvalue weighted by molar-refractivity contribution is 6.12. The third-order valence-corrected chi connectivity index (χ3v) is 5.94. The molecule has 1 fully saturated rings. The van der Waals surface area contributed by atoms with Crippen LogP contribution in [0.1, 0.15) is 33.8 Å². The lowest BCUT2D eigenvalue weighted by Crippen LogP contribution is -2.32. The van der Waals surface area contributed by atoms with Gasteiger partial charge in [0.15, 0.2) is 17.3 Å². The van der Waals surface area contributed by atoms with Crippen molar-refractivity contribution in [2.75, 3.05) is 40.2 Å². The molecule has 0 radical (unpaired) electrons. The minimum Gasteiger partial charge on any atom is -0.508 e. The molecule has 3 aliphatic heterocycles. The lowest BCUT2D eigenvalue weighted by molar-refractivity contribution is -0.140. The van der Waals surface area contributed by atoms with E-state index in [1.54, 1.807) is 24.4 Å². The first-order valence-electron chi connectivity index (χ1n) is 10.6. The molecule has 0 aromatic heterocycles. The number of phenols is 1. The number of nitrogens with zero attached hydrogens (tertiary/aromatic N) is 1. The normalized spacial score (nSPS) is 18.8. The number of ketones is 1. The number of aromatic hydroxyl groups is 1. The zero-order valence-electron chi connectivity index (χ0n) is 18.0. The smallest absolute Gasteiger partial charge is 0.306 e. The van der Waals surface area contributed by atoms with E-state index in [1.165, 1.54) is 19.2 Å². The number of ether oxygens (including phenoxy) is 5. The number of rotatable bonds is 5. The molecule has 3 heterocycles. The molecule has 3 aliphatic rings. The summed E-state index contributed by atoms with van der Waals surface area (Å²) in [7, 11) is 1.30. The van der Waals surface area contributed by atoms with E-state index < -0.39 is 11.9 Å². The molecule has 9 nitrogen and oxygen atoms in total. The van der Waals surface area contributed by atoms with Crippen LogP contribution in [-0.4, -0.2) is 62.0 Å². The number of methoxy groups -OCH3 is 1. The Hall–Kier alpha value is -3.72. The van der Waals surface area contributed by atoms with Crippen molar-refractivity contribution in [2.45, 2.75) is 12.3 Å². The number of morpholine rings is 1. The molecule has 1 atom stereocenters. The fourth-order valence-corrected chi connectivity index (χ4v) is 4.23. The molecule has 1 unspecified atom stereocenters. The average Bonchev–Trinajstić information content (AvgIpc) is 3.42. The summed E-state index contributed by atoms with van der Waals surface area (Å²) < 4.78 is 27.1. The highest BCUT2D eigenvalue weighted by Gasteiger charge is 2.36. The molecule has 0 aliphatic carbocycles. The molecular weight excluding hydrogens is 430 g/mol. The molecule has 172 valence electrons. The number of carbonyl (C=O) groups is 2. The maximum Gasteiger partial charge on any atom is 0.306 e. The molecule has 0 saturated carbocycles. The molecule has 1 N–H and O–H groups in total. The number of benzene rings is 2. The van der Waals surface area contributed by atoms with Crippen LogP contribution in [0, 0.1) is 0 Å². The van der Waals surface area contributed by atoms with E-state index in [4.69, 9.17) is 23.7 Å². The Bertz CT molecular complexity index is 1140. The van der Waals surface area contributed by atoms with E-state index in [9.17, 15) is 14.7 Å². The van der Waals surface area contributed by atoms with Gasteiger partial charge in [-0.25, -0.2) is 0 Å². The van der Waals surface area contributed by atoms with Crippen LogP contribution in [0.15, 0.2) is 42.3 Å². The first kappa shape index (κ1) is 21.1. The van der Waals surface area contributed by atoms with Crippen molar-refractivity contribution in [1.29, 1.82) is 0 Å². The van der Waals surface area contributed by atoms with Crippen LogP contribution in [0.4, 0.5) is 0 Å². The van der Waals surface area contributed by atoms with Gasteiger partial charge in [-0.15, -0.1) is 0 Å². The van der Waals surface area contributed by atoms with Crippen molar-refractivity contribution in [1.82, 2.24) is 4.90 Å². The molecule has 2 aromatic carbocycles. The molecule has 9 heteroatoms. The van der Waals surface area contributed by atoms with Crippen LogP contribution in [0.5, 0.6) is 23.0 Å². The second-order valence-corrected chi connectivity index (χ2v) is 7.89. The molecule has 0 spiro atoms. The molecule has 33 heavy (non-hydrogen) atoms. The van der Waals surface area contributed by atoms with Gasteiger partial charge in [0.2, 0.25) is 12.6 Å². The Balaban J connectivity index is 1.57. The Morgan fingerprint density at radius 3 is 2.76 bits per heavy atom. The number of allylic oxidation sites excluding steroid dienone is 1. The van der Waals surface area contributed by atoms with Gasteiger partial charge < -0.3 is 33.7 Å². The number of hydrogen-bond acceptors (Lipinski definition) is 9. The van der Waals surface area contributed by atoms with Gasteiger partial charge in [0.25, 0.3) is 0 Å². The Kier molecular flexibility index (Phi) is 5.55. The molecule has 1 saturated heterocycles. The van der Waals surface area contributed by atoms with Gasteiger partial charge in [0, 0.05) is 30.8 Å². The largest absolute Gasteiger partial charge is 0.508 e. The predicted octanol–water partition coefficient (Wildman–Crippen LogP) is 2.56. The monoisotopic (exact) mass is 453 g/mol. The summed E-state index contributed by atoms with van der Waals surface area (Å²) in [5, 5.41) is 10.8. The standard InChI is InChI=1S/C24H23NO8/c1-29-21(27)11-16(14-2-5-18-19(10-14)32-13-31-18)22-17(26)4-3-15-23(28)20(33-24(15)22)12-25-6-8-30-9-7-25/h2-5,10,12,16,26H,6-9,11,13H2,1H3/b20-12-. The van der Waals surface area contributed by atoms with Crippen molar-refractivity contribution in [3.05, 3.63) is 59.0 Å². The molecular formula is C24H23NO8. The van der Waals surface area contributed by atoms with Gasteiger partial charge in [-0.05, 0) is 29.8 Å². The highest BCUT2D eigenvalue weighted by atomic mass is 16.7. The second kappa shape index (κ2) is 8.67. The first-order valence-corrected chi connectivity index (χ1v) is 10.6. The Morgan fingerprint density at radius 1 is 1.18 bits per heavy atom. The Morgan fingerprint density at radius 2 is 1.97 bits per heavy atom. The number of phenolic OH excluding ortho intramolecular Hbond substituents is 1. The lowest BCUT2D eigenvalue weighted by atomic mass is 9.86. The van der Waals surface area contributed by atoms with E-state index in [1.807, 2.05) is 4.90 Å². The summed E-state index contributed by atoms with van der Waals surface area (Å²) in [5.74, 6) is 0.0772. The summed E-state index contributed by atoms with van der Waals surface area (Å²) in [5.41, 5.74) is 1.36. The lowest BCUT2D eigenvalue weighted by Gasteiger charge is -2.25. The molecule has 2 aromatic rings. The number of fused-ring (bicyclic) bond motifs is 2. The van der Waals surface area contributed by atoms with E-state index in [2.05, 4.69) is 0 Å². The van der Waals surface area contributed by atoms with E-state index >= 15 is 0 Å². The first-order chi connectivity index (χ1) is 16.0. The topological polar surface area (TPSA) is 104 Å². The van der Waals surface area contributed by atoms with Crippen molar-refractivity contribution in [3.8, 4) is 23.0 Å². The molecule has 0 amide bonds. The average molecular weight is 453 g/mol. The van der Waals surface area contributed by atoms with Crippen LogP contribution in [0.25, 0.3) is 0 Å². The van der Waals surface area contributed by atoms with Crippen molar-refractivity contribution >= 4 is 11.8 Å². The van der Waals surface area contributed by atoms with Gasteiger partial charge in [-0.3, -0.25) is 9.59 Å². The minimum atomic E-state index is -0.641. The maximum absolute atomic E-state index is 13.1. The van der Waals surface area contributed by atoms with Gasteiger partial charge >= 0.3 is 5.97 Å². The van der Waals surface area contributed by atoms with Crippen LogP contribution >= 0.6 is 0 Å². The van der Waals surface area contributed by atoms with E-state index in [0.29, 0.717) is 54.5 Å². The van der Waals surface area contributed by atoms with Crippen LogP contribution in [0.2, 0.25) is 0 Å². The number of carbonyl (C=O) groups excluding carboxylic acids is 2. The number of hydrogen-bond donors (Lipinski definition) is 1. The van der Waals surface area contributed by atoms with E-state index in [0.717, 1.165) is 0 Å². The van der Waals surface area contributed by atoms with Crippen molar-refractivity contribution in [3.63, 3.8) is 0 Å². The van der Waals surface area contributed by atoms with E-state index in [-0.39, 0.29) is 36.3 Å². The molecule has 0 bridgehead atoms. The SMILES string of the molecule is COC(=O)CC(c1ccc2c(c1)OCO2)c1c(O)ccc2c1O/C(=C\N1CCOCC1)C2=O. The van der Waals surface area contributed by atoms with Gasteiger partial charge in [-0.1, -0.05) is 6.07 Å². The van der Waals surface area contributed by atoms with Gasteiger partial charge in [0.05, 0.1) is 32.3 Å². The van der Waals surface area contributed by atoms with Crippen molar-refractivity contribution < 1.29 is 38.4 Å². The second-order valence-electron chi connectivity index (χ2n) is 7.89. The summed E-state index contributed by atoms with van der Waals surface area (Å²) in [6, 6.07) is 8.28. The number of esters is 1. The van der Waals surface area contributed by atoms with Crippen LogP contribution < -0.4 is 14.2 Å². The summed E-state index contributed by atoms with van der Waals surface area (Å²) in [6.45, 7) is 2.55. The van der Waals surface area contributed by atoms with Gasteiger partial charge in [0.1, 0.15) is 11.5 Å². The quantitative estimate of drug-likeness (QED) is 0.540.